The van der Waals surface area contributed by atoms with Crippen molar-refractivity contribution in [1.82, 2.24) is 0 Å². The van der Waals surface area contributed by atoms with Crippen molar-refractivity contribution < 1.29 is 22.3 Å². The first-order valence-electron chi connectivity index (χ1n) is 9.42. The highest BCUT2D eigenvalue weighted by Crippen LogP contribution is 2.35. The Morgan fingerprint density at radius 2 is 1.74 bits per heavy atom. The lowest BCUT2D eigenvalue weighted by Crippen LogP contribution is -2.10. The van der Waals surface area contributed by atoms with Gasteiger partial charge in [0, 0.05) is 27.5 Å². The monoisotopic (exact) mass is 558 g/mol. The van der Waals surface area contributed by atoms with Gasteiger partial charge in [-0.05, 0) is 47.9 Å². The molecule has 1 heterocycles. The van der Waals surface area contributed by atoms with E-state index in [1.54, 1.807) is 30.3 Å². The normalized spacial score (nSPS) is 11.4. The van der Waals surface area contributed by atoms with E-state index >= 15 is 0 Å². The number of thiophene rings is 1. The molecular formula is C22H14Cl3FN2O4S2. The van der Waals surface area contributed by atoms with E-state index in [4.69, 9.17) is 39.5 Å². The topological polar surface area (TPSA) is 84.5 Å². The van der Waals surface area contributed by atoms with Gasteiger partial charge in [-0.1, -0.05) is 34.8 Å². The zero-order valence-electron chi connectivity index (χ0n) is 17.2. The number of hydrogen-bond acceptors (Lipinski definition) is 5. The number of hydrogen-bond donors (Lipinski definition) is 2. The molecule has 34 heavy (non-hydrogen) atoms. The number of amides is 1. The average molecular weight is 560 g/mol. The van der Waals surface area contributed by atoms with E-state index in [1.165, 1.54) is 35.6 Å². The molecule has 0 spiro atoms. The minimum Gasteiger partial charge on any atom is -0.457 e. The molecule has 0 aliphatic carbocycles. The maximum atomic E-state index is 13.4. The van der Waals surface area contributed by atoms with Gasteiger partial charge in [0.1, 0.15) is 17.3 Å². The second kappa shape index (κ2) is 9.59. The summed E-state index contributed by atoms with van der Waals surface area (Å²) in [5.41, 5.74) is 0.592. The summed E-state index contributed by atoms with van der Waals surface area (Å²) in [6, 6.07) is 13.3. The van der Waals surface area contributed by atoms with Gasteiger partial charge in [-0.15, -0.1) is 11.3 Å². The van der Waals surface area contributed by atoms with Crippen LogP contribution in [0.2, 0.25) is 15.1 Å². The highest BCUT2D eigenvalue weighted by Gasteiger charge is 2.15. The minimum absolute atomic E-state index is 0.0900. The van der Waals surface area contributed by atoms with Crippen LogP contribution in [-0.4, -0.2) is 20.6 Å². The highest BCUT2D eigenvalue weighted by atomic mass is 35.5. The molecule has 0 saturated heterocycles. The lowest BCUT2D eigenvalue weighted by molar-refractivity contribution is 0.103. The Hall–Kier alpha value is -2.56. The van der Waals surface area contributed by atoms with E-state index < -0.39 is 21.7 Å². The van der Waals surface area contributed by atoms with Crippen molar-refractivity contribution in [3.05, 3.63) is 80.4 Å². The summed E-state index contributed by atoms with van der Waals surface area (Å²) >= 11 is 19.3. The molecule has 0 saturated carbocycles. The number of carbonyl (C=O) groups is 1. The first kappa shape index (κ1) is 24.6. The second-order valence-electron chi connectivity index (χ2n) is 7.16. The molecule has 2 N–H and O–H groups in total. The second-order valence-corrected chi connectivity index (χ2v) is 11.2. The fourth-order valence-electron chi connectivity index (χ4n) is 3.01. The van der Waals surface area contributed by atoms with Crippen molar-refractivity contribution in [2.45, 2.75) is 0 Å². The van der Waals surface area contributed by atoms with Gasteiger partial charge in [0.05, 0.1) is 26.9 Å². The Morgan fingerprint density at radius 3 is 2.44 bits per heavy atom. The van der Waals surface area contributed by atoms with E-state index in [0.717, 1.165) is 6.26 Å². The molecule has 0 atom stereocenters. The molecule has 4 aromatic rings. The van der Waals surface area contributed by atoms with E-state index in [1.807, 2.05) is 0 Å². The Bertz CT molecular complexity index is 1540. The molecule has 6 nitrogen and oxygen atoms in total. The van der Waals surface area contributed by atoms with Crippen LogP contribution in [0.3, 0.4) is 0 Å². The van der Waals surface area contributed by atoms with Gasteiger partial charge < -0.3 is 10.1 Å². The van der Waals surface area contributed by atoms with Gasteiger partial charge in [0.15, 0.2) is 0 Å². The number of nitrogens with one attached hydrogen (secondary N) is 2. The maximum absolute atomic E-state index is 13.4. The lowest BCUT2D eigenvalue weighted by Gasteiger charge is -2.10. The average Bonchev–Trinajstić information content (AvgIpc) is 3.12. The Balaban J connectivity index is 1.56. The highest BCUT2D eigenvalue weighted by molar-refractivity contribution is 7.92. The fourth-order valence-corrected chi connectivity index (χ4v) is 5.29. The van der Waals surface area contributed by atoms with Crippen molar-refractivity contribution >= 4 is 83.5 Å². The number of ether oxygens (including phenoxy) is 1. The minimum atomic E-state index is -3.51. The van der Waals surface area contributed by atoms with Gasteiger partial charge >= 0.3 is 0 Å². The molecule has 0 aliphatic rings. The third-order valence-electron chi connectivity index (χ3n) is 4.38. The molecule has 1 amide bonds. The van der Waals surface area contributed by atoms with Gasteiger partial charge in [-0.2, -0.15) is 0 Å². The van der Waals surface area contributed by atoms with Crippen LogP contribution in [0.25, 0.3) is 10.1 Å². The third-order valence-corrected chi connectivity index (χ3v) is 6.89. The number of fused-ring (bicyclic) bond motifs is 1. The molecule has 176 valence electrons. The van der Waals surface area contributed by atoms with Crippen LogP contribution in [0, 0.1) is 5.82 Å². The lowest BCUT2D eigenvalue weighted by atomic mass is 10.2. The number of benzene rings is 3. The third kappa shape index (κ3) is 5.92. The van der Waals surface area contributed by atoms with Gasteiger partial charge in [0.25, 0.3) is 5.91 Å². The molecule has 0 unspecified atom stereocenters. The molecule has 1 aromatic heterocycles. The van der Waals surface area contributed by atoms with Crippen molar-refractivity contribution in [3.63, 3.8) is 0 Å². The summed E-state index contributed by atoms with van der Waals surface area (Å²) in [5, 5.41) is 3.83. The molecule has 0 aliphatic heterocycles. The Labute approximate surface area is 213 Å². The summed E-state index contributed by atoms with van der Waals surface area (Å²) in [4.78, 5) is 13.2. The number of sulfonamides is 1. The standard InChI is InChI=1S/C22H14Cl3FN2O4S2/c1-34(30,31)28-19-4-11-5-21(33-20(11)10-17(19)25)22(29)27-13-6-12(23)7-15(8-13)32-14-2-3-18(26)16(24)9-14/h2-10,28H,1H3,(H,27,29). The first-order valence-corrected chi connectivity index (χ1v) is 13.3. The summed E-state index contributed by atoms with van der Waals surface area (Å²) in [5.74, 6) is -0.374. The molecule has 4 rings (SSSR count). The SMILES string of the molecule is CS(=O)(=O)Nc1cc2cc(C(=O)Nc3cc(Cl)cc(Oc4ccc(F)c(Cl)c4)c3)sc2cc1Cl. The number of anilines is 2. The molecule has 3 aromatic carbocycles. The van der Waals surface area contributed by atoms with Crippen molar-refractivity contribution in [2.75, 3.05) is 16.3 Å². The van der Waals surface area contributed by atoms with E-state index in [9.17, 15) is 17.6 Å². The Kier molecular flexibility index (Phi) is 6.93. The van der Waals surface area contributed by atoms with E-state index in [2.05, 4.69) is 10.0 Å². The van der Waals surface area contributed by atoms with Crippen LogP contribution in [0.4, 0.5) is 15.8 Å². The summed E-state index contributed by atoms with van der Waals surface area (Å²) in [6.45, 7) is 0. The van der Waals surface area contributed by atoms with Crippen LogP contribution in [0.15, 0.2) is 54.6 Å². The van der Waals surface area contributed by atoms with Gasteiger partial charge in [0.2, 0.25) is 10.0 Å². The number of carbonyl (C=O) groups excluding carboxylic acids is 1. The van der Waals surface area contributed by atoms with Crippen molar-refractivity contribution in [2.24, 2.45) is 0 Å². The zero-order valence-corrected chi connectivity index (χ0v) is 21.1. The zero-order chi connectivity index (χ0) is 24.6. The Morgan fingerprint density at radius 1 is 0.971 bits per heavy atom. The fraction of sp³-hybridized carbons (Fsp3) is 0.0455. The summed E-state index contributed by atoms with van der Waals surface area (Å²) in [7, 11) is -3.51. The predicted octanol–water partition coefficient (Wildman–Crippen LogP) is 7.42. The molecular weight excluding hydrogens is 546 g/mol. The van der Waals surface area contributed by atoms with Crippen LogP contribution >= 0.6 is 46.1 Å². The van der Waals surface area contributed by atoms with E-state index in [-0.39, 0.29) is 15.7 Å². The van der Waals surface area contributed by atoms with Crippen molar-refractivity contribution in [1.29, 1.82) is 0 Å². The van der Waals surface area contributed by atoms with Crippen LogP contribution in [0.5, 0.6) is 11.5 Å². The van der Waals surface area contributed by atoms with Crippen LogP contribution in [0.1, 0.15) is 9.67 Å². The number of rotatable bonds is 6. The maximum Gasteiger partial charge on any atom is 0.265 e. The van der Waals surface area contributed by atoms with E-state index in [0.29, 0.717) is 37.2 Å². The largest absolute Gasteiger partial charge is 0.457 e. The summed E-state index contributed by atoms with van der Waals surface area (Å²) < 4.78 is 45.2. The first-order chi connectivity index (χ1) is 16.0. The number of halogens is 4. The van der Waals surface area contributed by atoms with Gasteiger partial charge in [-0.25, -0.2) is 12.8 Å². The summed E-state index contributed by atoms with van der Waals surface area (Å²) in [6.07, 6.45) is 1.02. The molecule has 0 radical (unpaired) electrons. The smallest absolute Gasteiger partial charge is 0.265 e. The van der Waals surface area contributed by atoms with Crippen molar-refractivity contribution in [3.8, 4) is 11.5 Å². The quantitative estimate of drug-likeness (QED) is 0.257. The van der Waals surface area contributed by atoms with Gasteiger partial charge in [-0.3, -0.25) is 9.52 Å². The molecule has 12 heteroatoms. The van der Waals surface area contributed by atoms with Crippen LogP contribution in [-0.2, 0) is 10.0 Å². The molecule has 0 fully saturated rings. The predicted molar refractivity (Wildman–Crippen MR) is 136 cm³/mol. The molecule has 0 bridgehead atoms. The van der Waals surface area contributed by atoms with Crippen LogP contribution < -0.4 is 14.8 Å².